The highest BCUT2D eigenvalue weighted by atomic mass is 16.5. The molecule has 19 heavy (non-hydrogen) atoms. The van der Waals surface area contributed by atoms with Gasteiger partial charge in [-0.1, -0.05) is 5.16 Å². The molecule has 2 aromatic heterocycles. The number of pyridine rings is 1. The molecule has 3 heterocycles. The molecule has 0 spiro atoms. The fraction of sp³-hybridized carbons (Fsp3) is 0.500. The van der Waals surface area contributed by atoms with E-state index in [1.165, 1.54) is 12.8 Å². The first-order valence-corrected chi connectivity index (χ1v) is 6.85. The molecule has 1 aliphatic heterocycles. The fourth-order valence-electron chi connectivity index (χ4n) is 2.47. The molecule has 2 aromatic rings. The van der Waals surface area contributed by atoms with Gasteiger partial charge in [0, 0.05) is 24.4 Å². The van der Waals surface area contributed by atoms with Crippen LogP contribution in [0.3, 0.4) is 0 Å². The predicted octanol–water partition coefficient (Wildman–Crippen LogP) is 2.06. The van der Waals surface area contributed by atoms with Crippen LogP contribution in [0.1, 0.15) is 25.2 Å². The van der Waals surface area contributed by atoms with E-state index in [4.69, 9.17) is 4.52 Å². The molecule has 1 unspecified atom stereocenters. The summed E-state index contributed by atoms with van der Waals surface area (Å²) >= 11 is 0. The van der Waals surface area contributed by atoms with E-state index in [2.05, 4.69) is 20.4 Å². The Morgan fingerprint density at radius 1 is 1.32 bits per heavy atom. The third-order valence-electron chi connectivity index (χ3n) is 3.57. The average Bonchev–Trinajstić information content (AvgIpc) is 2.96. The summed E-state index contributed by atoms with van der Waals surface area (Å²) in [7, 11) is 0. The Morgan fingerprint density at radius 3 is 3.00 bits per heavy atom. The standard InChI is InChI=1S/C14H18N4O/c1-2-11(10-16-7-1)3-4-13-17-14(18-19-13)12-5-8-15-9-6-12/h5-6,8-9,11,16H,1-4,7,10H2. The van der Waals surface area contributed by atoms with Crippen molar-refractivity contribution in [2.75, 3.05) is 13.1 Å². The molecule has 0 aliphatic carbocycles. The zero-order valence-corrected chi connectivity index (χ0v) is 10.9. The fourth-order valence-corrected chi connectivity index (χ4v) is 2.47. The van der Waals surface area contributed by atoms with Gasteiger partial charge in [0.1, 0.15) is 0 Å². The van der Waals surface area contributed by atoms with E-state index in [9.17, 15) is 0 Å². The van der Waals surface area contributed by atoms with Crippen LogP contribution in [0, 0.1) is 5.92 Å². The Balaban J connectivity index is 1.59. The van der Waals surface area contributed by atoms with Gasteiger partial charge in [0.2, 0.25) is 11.7 Å². The van der Waals surface area contributed by atoms with Crippen molar-refractivity contribution < 1.29 is 4.52 Å². The maximum absolute atomic E-state index is 5.31. The van der Waals surface area contributed by atoms with Gasteiger partial charge in [0.25, 0.3) is 0 Å². The van der Waals surface area contributed by atoms with Gasteiger partial charge in [-0.2, -0.15) is 4.98 Å². The largest absolute Gasteiger partial charge is 0.339 e. The van der Waals surface area contributed by atoms with Crippen molar-refractivity contribution in [2.24, 2.45) is 5.92 Å². The minimum atomic E-state index is 0.652. The molecule has 1 fully saturated rings. The summed E-state index contributed by atoms with van der Waals surface area (Å²) in [4.78, 5) is 8.42. The first-order valence-electron chi connectivity index (χ1n) is 6.85. The van der Waals surface area contributed by atoms with Crippen LogP contribution in [-0.2, 0) is 6.42 Å². The number of piperidine rings is 1. The van der Waals surface area contributed by atoms with Crippen LogP contribution in [0.5, 0.6) is 0 Å². The van der Waals surface area contributed by atoms with Crippen molar-refractivity contribution in [1.29, 1.82) is 0 Å². The highest BCUT2D eigenvalue weighted by Crippen LogP contribution is 2.18. The summed E-state index contributed by atoms with van der Waals surface area (Å²) < 4.78 is 5.31. The molecule has 1 aliphatic rings. The van der Waals surface area contributed by atoms with E-state index >= 15 is 0 Å². The summed E-state index contributed by atoms with van der Waals surface area (Å²) in [6.07, 6.45) is 8.03. The normalized spacial score (nSPS) is 19.5. The van der Waals surface area contributed by atoms with Crippen molar-refractivity contribution in [3.05, 3.63) is 30.4 Å². The van der Waals surface area contributed by atoms with Crippen LogP contribution in [0.2, 0.25) is 0 Å². The lowest BCUT2D eigenvalue weighted by Gasteiger charge is -2.21. The zero-order chi connectivity index (χ0) is 12.9. The Hall–Kier alpha value is -1.75. The van der Waals surface area contributed by atoms with E-state index in [-0.39, 0.29) is 0 Å². The molecule has 0 radical (unpaired) electrons. The van der Waals surface area contributed by atoms with E-state index < -0.39 is 0 Å². The van der Waals surface area contributed by atoms with Gasteiger partial charge in [-0.25, -0.2) is 0 Å². The van der Waals surface area contributed by atoms with Crippen molar-refractivity contribution in [3.8, 4) is 11.4 Å². The smallest absolute Gasteiger partial charge is 0.226 e. The molecule has 1 saturated heterocycles. The van der Waals surface area contributed by atoms with Crippen LogP contribution in [0.15, 0.2) is 29.0 Å². The van der Waals surface area contributed by atoms with Gasteiger partial charge in [0.05, 0.1) is 0 Å². The van der Waals surface area contributed by atoms with E-state index in [1.807, 2.05) is 12.1 Å². The van der Waals surface area contributed by atoms with Crippen LogP contribution < -0.4 is 5.32 Å². The summed E-state index contributed by atoms with van der Waals surface area (Å²) in [5.41, 5.74) is 0.948. The summed E-state index contributed by atoms with van der Waals surface area (Å²) in [5.74, 6) is 2.13. The number of hydrogen-bond acceptors (Lipinski definition) is 5. The first-order chi connectivity index (χ1) is 9.42. The van der Waals surface area contributed by atoms with Crippen LogP contribution in [0.25, 0.3) is 11.4 Å². The topological polar surface area (TPSA) is 63.8 Å². The van der Waals surface area contributed by atoms with Crippen molar-refractivity contribution in [3.63, 3.8) is 0 Å². The number of aromatic nitrogens is 3. The van der Waals surface area contributed by atoms with Gasteiger partial charge in [-0.15, -0.1) is 0 Å². The third-order valence-corrected chi connectivity index (χ3v) is 3.57. The predicted molar refractivity (Wildman–Crippen MR) is 71.4 cm³/mol. The maximum atomic E-state index is 5.31. The Labute approximate surface area is 112 Å². The molecule has 0 amide bonds. The SMILES string of the molecule is c1cc(-c2noc(CCC3CCCNC3)n2)ccn1. The molecular weight excluding hydrogens is 240 g/mol. The van der Waals surface area contributed by atoms with Crippen LogP contribution >= 0.6 is 0 Å². The van der Waals surface area contributed by atoms with Crippen LogP contribution in [0.4, 0.5) is 0 Å². The minimum Gasteiger partial charge on any atom is -0.339 e. The Morgan fingerprint density at radius 2 is 2.21 bits per heavy atom. The van der Waals surface area contributed by atoms with Gasteiger partial charge < -0.3 is 9.84 Å². The van der Waals surface area contributed by atoms with Gasteiger partial charge >= 0.3 is 0 Å². The number of nitrogens with zero attached hydrogens (tertiary/aromatic N) is 3. The molecule has 100 valence electrons. The van der Waals surface area contributed by atoms with Gasteiger partial charge in [-0.3, -0.25) is 4.98 Å². The molecule has 5 heteroatoms. The lowest BCUT2D eigenvalue weighted by Crippen LogP contribution is -2.29. The second-order valence-electron chi connectivity index (χ2n) is 5.00. The lowest BCUT2D eigenvalue weighted by atomic mass is 9.95. The molecule has 0 bridgehead atoms. The molecule has 0 aromatic carbocycles. The summed E-state index contributed by atoms with van der Waals surface area (Å²) in [5, 5.41) is 7.45. The van der Waals surface area contributed by atoms with Gasteiger partial charge in [0.15, 0.2) is 0 Å². The minimum absolute atomic E-state index is 0.652. The maximum Gasteiger partial charge on any atom is 0.226 e. The number of rotatable bonds is 4. The molecule has 1 atom stereocenters. The van der Waals surface area contributed by atoms with Crippen LogP contribution in [-0.4, -0.2) is 28.2 Å². The highest BCUT2D eigenvalue weighted by molar-refractivity contribution is 5.52. The number of hydrogen-bond donors (Lipinski definition) is 1. The number of nitrogens with one attached hydrogen (secondary N) is 1. The Kier molecular flexibility index (Phi) is 3.83. The molecule has 1 N–H and O–H groups in total. The van der Waals surface area contributed by atoms with E-state index in [1.54, 1.807) is 12.4 Å². The van der Waals surface area contributed by atoms with E-state index in [0.29, 0.717) is 5.82 Å². The quantitative estimate of drug-likeness (QED) is 0.909. The number of aryl methyl sites for hydroxylation is 1. The molecular formula is C14H18N4O. The Bertz CT molecular complexity index is 505. The average molecular weight is 258 g/mol. The lowest BCUT2D eigenvalue weighted by molar-refractivity contribution is 0.327. The second-order valence-corrected chi connectivity index (χ2v) is 5.00. The first kappa shape index (κ1) is 12.3. The van der Waals surface area contributed by atoms with E-state index in [0.717, 1.165) is 43.3 Å². The van der Waals surface area contributed by atoms with Gasteiger partial charge in [-0.05, 0) is 50.4 Å². The van der Waals surface area contributed by atoms with Crippen molar-refractivity contribution in [2.45, 2.75) is 25.7 Å². The molecule has 3 rings (SSSR count). The highest BCUT2D eigenvalue weighted by Gasteiger charge is 2.15. The van der Waals surface area contributed by atoms with Crippen molar-refractivity contribution in [1.82, 2.24) is 20.4 Å². The summed E-state index contributed by atoms with van der Waals surface area (Å²) in [6.45, 7) is 2.27. The second kappa shape index (κ2) is 5.93. The molecule has 0 saturated carbocycles. The monoisotopic (exact) mass is 258 g/mol. The van der Waals surface area contributed by atoms with Crippen molar-refractivity contribution >= 4 is 0 Å². The zero-order valence-electron chi connectivity index (χ0n) is 10.9. The summed E-state index contributed by atoms with van der Waals surface area (Å²) in [6, 6.07) is 3.78. The third kappa shape index (κ3) is 3.17. The molecule has 5 nitrogen and oxygen atoms in total.